The lowest BCUT2D eigenvalue weighted by Crippen LogP contribution is -2.28. The molecule has 1 aliphatic rings. The maximum atomic E-state index is 9.69. The predicted molar refractivity (Wildman–Crippen MR) is 105 cm³/mol. The molecule has 3 heterocycles. The van der Waals surface area contributed by atoms with Crippen LogP contribution in [0, 0.1) is 0 Å². The molecule has 1 aliphatic heterocycles. The molecular weight excluding hydrogens is 368 g/mol. The summed E-state index contributed by atoms with van der Waals surface area (Å²) in [4.78, 5) is 4.13. The number of thioether (sulfide) groups is 1. The van der Waals surface area contributed by atoms with Crippen molar-refractivity contribution in [3.8, 4) is 22.5 Å². The summed E-state index contributed by atoms with van der Waals surface area (Å²) in [6.07, 6.45) is 2.40. The van der Waals surface area contributed by atoms with Crippen molar-refractivity contribution in [3.05, 3.63) is 53.6 Å². The van der Waals surface area contributed by atoms with Crippen molar-refractivity contribution < 1.29 is 5.11 Å². The maximum Gasteiger partial charge on any atom is 0.163 e. The van der Waals surface area contributed by atoms with Gasteiger partial charge >= 0.3 is 0 Å². The predicted octanol–water partition coefficient (Wildman–Crippen LogP) is 3.70. The summed E-state index contributed by atoms with van der Waals surface area (Å²) in [5.41, 5.74) is 2.95. The van der Waals surface area contributed by atoms with Crippen LogP contribution >= 0.6 is 23.4 Å². The van der Waals surface area contributed by atoms with Crippen molar-refractivity contribution in [2.75, 3.05) is 12.4 Å². The highest BCUT2D eigenvalue weighted by atomic mass is 35.5. The highest BCUT2D eigenvalue weighted by Crippen LogP contribution is 2.34. The normalized spacial score (nSPS) is 19.8. The molecule has 0 aliphatic carbocycles. The van der Waals surface area contributed by atoms with Crippen molar-refractivity contribution in [1.82, 2.24) is 19.7 Å². The molecule has 7 heteroatoms. The van der Waals surface area contributed by atoms with Crippen LogP contribution in [0.15, 0.2) is 42.6 Å². The van der Waals surface area contributed by atoms with E-state index in [1.165, 1.54) is 0 Å². The fourth-order valence-electron chi connectivity index (χ4n) is 3.19. The fraction of sp³-hybridized carbons (Fsp3) is 0.316. The Bertz CT molecular complexity index is 928. The first-order valence-electron chi connectivity index (χ1n) is 8.48. The Balaban J connectivity index is 1.67. The number of benzene rings is 1. The maximum absolute atomic E-state index is 9.69. The van der Waals surface area contributed by atoms with E-state index < -0.39 is 0 Å². The lowest BCUT2D eigenvalue weighted by Gasteiger charge is -2.23. The number of aliphatic hydroxyl groups excluding tert-OH is 1. The van der Waals surface area contributed by atoms with Gasteiger partial charge < -0.3 is 9.67 Å². The van der Waals surface area contributed by atoms with E-state index in [4.69, 9.17) is 11.6 Å². The second-order valence-electron chi connectivity index (χ2n) is 6.64. The minimum Gasteiger partial charge on any atom is -0.395 e. The summed E-state index contributed by atoms with van der Waals surface area (Å²) in [5.74, 6) is 2.73. The number of fused-ring (bicyclic) bond motifs is 1. The van der Waals surface area contributed by atoms with Gasteiger partial charge in [-0.1, -0.05) is 35.9 Å². The zero-order valence-electron chi connectivity index (χ0n) is 14.4. The van der Waals surface area contributed by atoms with Crippen LogP contribution in [0.5, 0.6) is 0 Å². The van der Waals surface area contributed by atoms with E-state index in [-0.39, 0.29) is 11.4 Å². The zero-order chi connectivity index (χ0) is 18.1. The second kappa shape index (κ2) is 7.02. The first-order chi connectivity index (χ1) is 12.6. The first kappa shape index (κ1) is 17.5. The fourth-order valence-corrected chi connectivity index (χ4v) is 4.50. The highest BCUT2D eigenvalue weighted by molar-refractivity contribution is 8.00. The Morgan fingerprint density at radius 2 is 1.96 bits per heavy atom. The summed E-state index contributed by atoms with van der Waals surface area (Å²) in [6.45, 7) is 3.06. The zero-order valence-corrected chi connectivity index (χ0v) is 16.0. The summed E-state index contributed by atoms with van der Waals surface area (Å²) in [7, 11) is 0. The third-order valence-electron chi connectivity index (χ3n) is 4.67. The van der Waals surface area contributed by atoms with Gasteiger partial charge in [-0.2, -0.15) is 11.8 Å². The van der Waals surface area contributed by atoms with Crippen LogP contribution in [0.2, 0.25) is 5.15 Å². The van der Waals surface area contributed by atoms with E-state index in [9.17, 15) is 5.11 Å². The van der Waals surface area contributed by atoms with E-state index >= 15 is 0 Å². The average molecular weight is 387 g/mol. The van der Waals surface area contributed by atoms with E-state index in [1.54, 1.807) is 18.0 Å². The van der Waals surface area contributed by atoms with Gasteiger partial charge in [0.15, 0.2) is 5.82 Å². The quantitative estimate of drug-likeness (QED) is 0.695. The van der Waals surface area contributed by atoms with E-state index in [1.807, 2.05) is 36.4 Å². The monoisotopic (exact) mass is 386 g/mol. The van der Waals surface area contributed by atoms with Gasteiger partial charge in [-0.15, -0.1) is 10.2 Å². The standard InChI is InChI=1S/C19H19ClN4OS/c1-19(12-25)11-16-22-23-18(24(16)9-10-26-19)14-6-4-13(5-7-14)15-3-2-8-21-17(15)20/h2-8,25H,9-12H2,1H3. The number of hydrogen-bond acceptors (Lipinski definition) is 5. The second-order valence-corrected chi connectivity index (χ2v) is 8.68. The first-order valence-corrected chi connectivity index (χ1v) is 9.84. The molecular formula is C19H19ClN4OS. The lowest BCUT2D eigenvalue weighted by molar-refractivity contribution is 0.254. The highest BCUT2D eigenvalue weighted by Gasteiger charge is 2.30. The topological polar surface area (TPSA) is 63.8 Å². The Labute approximate surface area is 161 Å². The van der Waals surface area contributed by atoms with E-state index in [2.05, 4.69) is 26.7 Å². The Morgan fingerprint density at radius 3 is 2.69 bits per heavy atom. The molecule has 0 saturated carbocycles. The minimum atomic E-state index is -0.195. The summed E-state index contributed by atoms with van der Waals surface area (Å²) in [6, 6.07) is 12.0. The molecule has 0 radical (unpaired) electrons. The number of aliphatic hydroxyl groups is 1. The smallest absolute Gasteiger partial charge is 0.163 e. The van der Waals surface area contributed by atoms with Gasteiger partial charge in [0.05, 0.1) is 6.61 Å². The summed E-state index contributed by atoms with van der Waals surface area (Å²) < 4.78 is 1.97. The number of rotatable bonds is 3. The number of pyridine rings is 1. The summed E-state index contributed by atoms with van der Waals surface area (Å²) >= 11 is 7.98. The molecule has 26 heavy (non-hydrogen) atoms. The van der Waals surface area contributed by atoms with E-state index in [0.29, 0.717) is 11.6 Å². The van der Waals surface area contributed by atoms with Gasteiger partial charge in [0, 0.05) is 40.8 Å². The van der Waals surface area contributed by atoms with Crippen molar-refractivity contribution in [2.45, 2.75) is 24.6 Å². The third kappa shape index (κ3) is 3.24. The molecule has 0 amide bonds. The van der Waals surface area contributed by atoms with Crippen molar-refractivity contribution >= 4 is 23.4 Å². The van der Waals surface area contributed by atoms with Crippen LogP contribution in [-0.2, 0) is 13.0 Å². The number of hydrogen-bond donors (Lipinski definition) is 1. The Morgan fingerprint density at radius 1 is 1.19 bits per heavy atom. The van der Waals surface area contributed by atoms with Crippen molar-refractivity contribution in [2.24, 2.45) is 0 Å². The molecule has 0 bridgehead atoms. The van der Waals surface area contributed by atoms with Gasteiger partial charge in [-0.25, -0.2) is 4.98 Å². The van der Waals surface area contributed by atoms with Crippen LogP contribution in [0.4, 0.5) is 0 Å². The average Bonchev–Trinajstić information content (AvgIpc) is 2.96. The Hall–Kier alpha value is -1.89. The molecule has 0 spiro atoms. The minimum absolute atomic E-state index is 0.139. The molecule has 0 fully saturated rings. The van der Waals surface area contributed by atoms with Crippen LogP contribution in [0.1, 0.15) is 12.7 Å². The van der Waals surface area contributed by atoms with Crippen LogP contribution in [-0.4, -0.2) is 42.0 Å². The summed E-state index contributed by atoms with van der Waals surface area (Å²) in [5, 5.41) is 19.0. The van der Waals surface area contributed by atoms with Gasteiger partial charge in [0.2, 0.25) is 0 Å². The van der Waals surface area contributed by atoms with Crippen LogP contribution < -0.4 is 0 Å². The van der Waals surface area contributed by atoms with Crippen LogP contribution in [0.25, 0.3) is 22.5 Å². The molecule has 1 unspecified atom stereocenters. The van der Waals surface area contributed by atoms with E-state index in [0.717, 1.165) is 40.6 Å². The molecule has 134 valence electrons. The molecule has 2 aromatic heterocycles. The van der Waals surface area contributed by atoms with Gasteiger partial charge in [0.1, 0.15) is 11.0 Å². The Kier molecular flexibility index (Phi) is 4.73. The van der Waals surface area contributed by atoms with Gasteiger partial charge in [-0.05, 0) is 24.6 Å². The van der Waals surface area contributed by atoms with Gasteiger partial charge in [-0.3, -0.25) is 0 Å². The number of aromatic nitrogens is 4. The largest absolute Gasteiger partial charge is 0.395 e. The molecule has 5 nitrogen and oxygen atoms in total. The molecule has 4 rings (SSSR count). The lowest BCUT2D eigenvalue weighted by atomic mass is 10.1. The van der Waals surface area contributed by atoms with Crippen molar-refractivity contribution in [3.63, 3.8) is 0 Å². The molecule has 1 N–H and O–H groups in total. The molecule has 0 saturated heterocycles. The molecule has 3 aromatic rings. The molecule has 1 aromatic carbocycles. The van der Waals surface area contributed by atoms with Gasteiger partial charge in [0.25, 0.3) is 0 Å². The molecule has 1 atom stereocenters. The van der Waals surface area contributed by atoms with Crippen molar-refractivity contribution in [1.29, 1.82) is 0 Å². The SMILES string of the molecule is CC1(CO)Cc2nnc(-c3ccc(-c4cccnc4Cl)cc3)n2CCS1. The number of halogens is 1. The van der Waals surface area contributed by atoms with Crippen LogP contribution in [0.3, 0.4) is 0 Å². The third-order valence-corrected chi connectivity index (χ3v) is 6.33. The number of nitrogens with zero attached hydrogens (tertiary/aromatic N) is 4.